The van der Waals surface area contributed by atoms with Gasteiger partial charge >= 0.3 is 5.97 Å². The van der Waals surface area contributed by atoms with Crippen molar-refractivity contribution in [3.8, 4) is 0 Å². The molecule has 0 aliphatic rings. The Labute approximate surface area is 201 Å². The minimum Gasteiger partial charge on any atom is -0.464 e. The Balaban J connectivity index is 1.61. The number of methoxy groups -OCH3 is 1. The predicted octanol–water partition coefficient (Wildman–Crippen LogP) is 5.67. The zero-order valence-corrected chi connectivity index (χ0v) is 19.5. The van der Waals surface area contributed by atoms with Crippen molar-refractivity contribution < 1.29 is 14.3 Å². The minimum absolute atomic E-state index is 0.205. The maximum Gasteiger partial charge on any atom is 0.356 e. The second kappa shape index (κ2) is 9.65. The van der Waals surface area contributed by atoms with E-state index in [1.165, 1.54) is 7.11 Å². The summed E-state index contributed by atoms with van der Waals surface area (Å²) in [6, 6.07) is 16.0. The van der Waals surface area contributed by atoms with E-state index >= 15 is 0 Å². The topological polar surface area (TPSA) is 73.2 Å². The maximum absolute atomic E-state index is 13.3. The van der Waals surface area contributed by atoms with Crippen molar-refractivity contribution in [2.24, 2.45) is 0 Å². The van der Waals surface area contributed by atoms with E-state index in [4.69, 9.17) is 23.2 Å². The number of carbonyl (C=O) groups is 2. The molecule has 6 nitrogen and oxygen atoms in total. The molecule has 0 aliphatic carbocycles. The van der Waals surface area contributed by atoms with Crippen LogP contribution in [0.4, 0.5) is 0 Å². The molecule has 1 N–H and O–H groups in total. The van der Waals surface area contributed by atoms with Gasteiger partial charge in [-0.05, 0) is 54.4 Å². The lowest BCUT2D eigenvalue weighted by Crippen LogP contribution is -2.27. The van der Waals surface area contributed by atoms with Crippen molar-refractivity contribution in [2.45, 2.75) is 19.5 Å². The van der Waals surface area contributed by atoms with Crippen molar-refractivity contribution in [2.75, 3.05) is 7.11 Å². The molecule has 0 aliphatic heterocycles. The quantitative estimate of drug-likeness (QED) is 0.360. The smallest absolute Gasteiger partial charge is 0.356 e. The number of hydrogen-bond acceptors (Lipinski definition) is 4. The van der Waals surface area contributed by atoms with Gasteiger partial charge in [0, 0.05) is 34.4 Å². The molecule has 4 aromatic rings. The number of aromatic nitrogens is 2. The highest BCUT2D eigenvalue weighted by Crippen LogP contribution is 2.27. The molecule has 0 saturated heterocycles. The lowest BCUT2D eigenvalue weighted by atomic mass is 10.1. The van der Waals surface area contributed by atoms with Crippen LogP contribution in [0.2, 0.25) is 10.0 Å². The average molecular weight is 482 g/mol. The first-order valence-corrected chi connectivity index (χ1v) is 11.0. The molecule has 4 rings (SSSR count). The Morgan fingerprint density at radius 2 is 1.82 bits per heavy atom. The van der Waals surface area contributed by atoms with Crippen molar-refractivity contribution >= 4 is 46.0 Å². The number of rotatable bonds is 6. The molecule has 168 valence electrons. The Morgan fingerprint density at radius 1 is 1.06 bits per heavy atom. The number of nitrogens with zero attached hydrogens (tertiary/aromatic N) is 2. The molecule has 1 amide bonds. The number of amides is 1. The Morgan fingerprint density at radius 3 is 2.48 bits per heavy atom. The third-order valence-corrected chi connectivity index (χ3v) is 5.83. The third-order valence-electron chi connectivity index (χ3n) is 5.36. The summed E-state index contributed by atoms with van der Waals surface area (Å²) in [5.41, 5.74) is 3.28. The van der Waals surface area contributed by atoms with Gasteiger partial charge in [0.1, 0.15) is 5.69 Å². The number of carbonyl (C=O) groups excluding carboxylic acids is 2. The van der Waals surface area contributed by atoms with Crippen LogP contribution in [-0.4, -0.2) is 28.5 Å². The number of ether oxygens (including phenoxy) is 1. The third kappa shape index (κ3) is 5.02. The van der Waals surface area contributed by atoms with E-state index in [2.05, 4.69) is 15.0 Å². The zero-order valence-electron chi connectivity index (χ0n) is 18.0. The summed E-state index contributed by atoms with van der Waals surface area (Å²) in [5.74, 6) is -0.774. The van der Waals surface area contributed by atoms with Crippen LogP contribution < -0.4 is 5.32 Å². The number of pyridine rings is 1. The first-order valence-electron chi connectivity index (χ1n) is 10.2. The monoisotopic (exact) mass is 481 g/mol. The molecule has 1 atom stereocenters. The summed E-state index contributed by atoms with van der Waals surface area (Å²) in [4.78, 5) is 29.0. The zero-order chi connectivity index (χ0) is 23.5. The lowest BCUT2D eigenvalue weighted by molar-refractivity contribution is 0.0593. The molecule has 1 unspecified atom stereocenters. The SMILES string of the molecule is COC(=O)c1ccc(C(C)NC(=O)c2cc(Cl)cc3ccn(Cc4ccc(Cl)cc4)c23)cn1. The summed E-state index contributed by atoms with van der Waals surface area (Å²) in [7, 11) is 1.30. The van der Waals surface area contributed by atoms with E-state index in [1.54, 1.807) is 24.4 Å². The molecule has 0 bridgehead atoms. The summed E-state index contributed by atoms with van der Waals surface area (Å²) in [6.45, 7) is 2.43. The van der Waals surface area contributed by atoms with Gasteiger partial charge in [0.25, 0.3) is 5.91 Å². The van der Waals surface area contributed by atoms with Crippen LogP contribution in [0.15, 0.2) is 67.0 Å². The molecule has 33 heavy (non-hydrogen) atoms. The molecule has 0 radical (unpaired) electrons. The van der Waals surface area contributed by atoms with Crippen LogP contribution in [0.5, 0.6) is 0 Å². The van der Waals surface area contributed by atoms with Gasteiger partial charge in [-0.15, -0.1) is 0 Å². The lowest BCUT2D eigenvalue weighted by Gasteiger charge is -2.16. The predicted molar refractivity (Wildman–Crippen MR) is 129 cm³/mol. The van der Waals surface area contributed by atoms with Crippen LogP contribution in [0.25, 0.3) is 10.9 Å². The van der Waals surface area contributed by atoms with Crippen LogP contribution in [0.1, 0.15) is 44.9 Å². The number of esters is 1. The van der Waals surface area contributed by atoms with Crippen LogP contribution in [-0.2, 0) is 11.3 Å². The molecule has 2 aromatic carbocycles. The van der Waals surface area contributed by atoms with E-state index < -0.39 is 5.97 Å². The van der Waals surface area contributed by atoms with E-state index in [0.717, 1.165) is 22.0 Å². The highest BCUT2D eigenvalue weighted by molar-refractivity contribution is 6.32. The summed E-state index contributed by atoms with van der Waals surface area (Å²) in [5, 5.41) is 5.02. The number of hydrogen-bond donors (Lipinski definition) is 1. The Kier molecular flexibility index (Phi) is 6.67. The van der Waals surface area contributed by atoms with Gasteiger partial charge < -0.3 is 14.6 Å². The van der Waals surface area contributed by atoms with Gasteiger partial charge in [0.15, 0.2) is 0 Å². The van der Waals surface area contributed by atoms with Gasteiger partial charge in [0.05, 0.1) is 24.2 Å². The van der Waals surface area contributed by atoms with E-state index in [-0.39, 0.29) is 17.6 Å². The van der Waals surface area contributed by atoms with Crippen molar-refractivity contribution in [3.05, 3.63) is 99.4 Å². The van der Waals surface area contributed by atoms with E-state index in [0.29, 0.717) is 22.2 Å². The maximum atomic E-state index is 13.3. The molecule has 0 saturated carbocycles. The molecule has 0 fully saturated rings. The average Bonchev–Trinajstić information content (AvgIpc) is 3.21. The molecule has 8 heteroatoms. The Bertz CT molecular complexity index is 1320. The van der Waals surface area contributed by atoms with Gasteiger partial charge in [-0.25, -0.2) is 9.78 Å². The van der Waals surface area contributed by atoms with E-state index in [9.17, 15) is 9.59 Å². The highest BCUT2D eigenvalue weighted by atomic mass is 35.5. The van der Waals surface area contributed by atoms with Gasteiger partial charge in [-0.3, -0.25) is 4.79 Å². The van der Waals surface area contributed by atoms with Crippen molar-refractivity contribution in [1.82, 2.24) is 14.9 Å². The standard InChI is InChI=1S/C25H21Cl2N3O3/c1-15(18-5-8-22(28-13-18)25(32)33-2)29-24(31)21-12-20(27)11-17-9-10-30(23(17)21)14-16-3-6-19(26)7-4-16/h3-13,15H,14H2,1-2H3,(H,29,31). The van der Waals surface area contributed by atoms with Gasteiger partial charge in [-0.1, -0.05) is 41.4 Å². The Hall–Kier alpha value is -3.35. The van der Waals surface area contributed by atoms with Crippen LogP contribution >= 0.6 is 23.2 Å². The molecule has 2 aromatic heterocycles. The summed E-state index contributed by atoms with van der Waals surface area (Å²) in [6.07, 6.45) is 3.49. The van der Waals surface area contributed by atoms with Crippen molar-refractivity contribution in [1.29, 1.82) is 0 Å². The molecule has 2 heterocycles. The van der Waals surface area contributed by atoms with Crippen LogP contribution in [0, 0.1) is 0 Å². The fourth-order valence-electron chi connectivity index (χ4n) is 3.65. The first-order chi connectivity index (χ1) is 15.9. The summed E-state index contributed by atoms with van der Waals surface area (Å²) < 4.78 is 6.69. The van der Waals surface area contributed by atoms with Crippen molar-refractivity contribution in [3.63, 3.8) is 0 Å². The summed E-state index contributed by atoms with van der Waals surface area (Å²) >= 11 is 12.3. The second-order valence-corrected chi connectivity index (χ2v) is 8.50. The van der Waals surface area contributed by atoms with Gasteiger partial charge in [-0.2, -0.15) is 0 Å². The minimum atomic E-state index is -0.513. The fraction of sp³-hybridized carbons (Fsp3) is 0.160. The molecule has 0 spiro atoms. The fourth-order valence-corrected chi connectivity index (χ4v) is 4.00. The first kappa shape index (κ1) is 22.8. The second-order valence-electron chi connectivity index (χ2n) is 7.62. The number of benzene rings is 2. The van der Waals surface area contributed by atoms with Gasteiger partial charge in [0.2, 0.25) is 0 Å². The van der Waals surface area contributed by atoms with Crippen LogP contribution in [0.3, 0.4) is 0 Å². The molecular weight excluding hydrogens is 461 g/mol. The molecular formula is C25H21Cl2N3O3. The van der Waals surface area contributed by atoms with E-state index in [1.807, 2.05) is 54.1 Å². The highest BCUT2D eigenvalue weighted by Gasteiger charge is 2.18. The number of nitrogens with one attached hydrogen (secondary N) is 1. The largest absolute Gasteiger partial charge is 0.464 e. The number of halogens is 2. The normalized spacial score (nSPS) is 11.9. The number of fused-ring (bicyclic) bond motifs is 1.